The summed E-state index contributed by atoms with van der Waals surface area (Å²) in [5.74, 6) is -1.59. The van der Waals surface area contributed by atoms with E-state index in [1.54, 1.807) is 6.92 Å². The van der Waals surface area contributed by atoms with E-state index in [0.717, 1.165) is 4.40 Å². The molecule has 0 radical (unpaired) electrons. The second-order valence-corrected chi connectivity index (χ2v) is 4.68. The first-order chi connectivity index (χ1) is 8.27. The van der Waals surface area contributed by atoms with Crippen molar-refractivity contribution >= 4 is 22.3 Å². The molecule has 2 heterocycles. The van der Waals surface area contributed by atoms with Gasteiger partial charge in [0.1, 0.15) is 4.88 Å². The molecule has 0 unspecified atom stereocenters. The van der Waals surface area contributed by atoms with Gasteiger partial charge in [-0.15, -0.1) is 0 Å². The summed E-state index contributed by atoms with van der Waals surface area (Å²) in [5.41, 5.74) is -0.271. The highest BCUT2D eigenvalue weighted by molar-refractivity contribution is 7.19. The SMILES string of the molecule is CCc1nc2sc(C(=O)O)c(C(F)(F)F)n2c1C. The lowest BCUT2D eigenvalue weighted by molar-refractivity contribution is -0.142. The van der Waals surface area contributed by atoms with Gasteiger partial charge in [0.05, 0.1) is 5.69 Å². The van der Waals surface area contributed by atoms with E-state index in [0.29, 0.717) is 29.1 Å². The summed E-state index contributed by atoms with van der Waals surface area (Å²) < 4.78 is 39.8. The largest absolute Gasteiger partial charge is 0.477 e. The van der Waals surface area contributed by atoms with Crippen LogP contribution in [0.3, 0.4) is 0 Å². The van der Waals surface area contributed by atoms with Crippen molar-refractivity contribution in [2.45, 2.75) is 26.4 Å². The van der Waals surface area contributed by atoms with Crippen molar-refractivity contribution in [3.05, 3.63) is 22.0 Å². The molecule has 0 atom stereocenters. The molecule has 1 N–H and O–H groups in total. The average Bonchev–Trinajstić information content (AvgIpc) is 2.74. The predicted molar refractivity (Wildman–Crippen MR) is 59.1 cm³/mol. The van der Waals surface area contributed by atoms with E-state index in [4.69, 9.17) is 5.11 Å². The predicted octanol–water partition coefficient (Wildman–Crippen LogP) is 2.98. The Morgan fingerprint density at radius 3 is 2.56 bits per heavy atom. The molecule has 0 amide bonds. The number of alkyl halides is 3. The number of imidazole rings is 1. The van der Waals surface area contributed by atoms with Crippen molar-refractivity contribution < 1.29 is 23.1 Å². The Balaban J connectivity index is 2.87. The topological polar surface area (TPSA) is 54.6 Å². The molecule has 18 heavy (non-hydrogen) atoms. The van der Waals surface area contributed by atoms with Crippen LogP contribution in [0, 0.1) is 6.92 Å². The van der Waals surface area contributed by atoms with Gasteiger partial charge in [0, 0.05) is 5.69 Å². The van der Waals surface area contributed by atoms with Crippen molar-refractivity contribution in [3.8, 4) is 0 Å². The molecule has 4 nitrogen and oxygen atoms in total. The Kier molecular flexibility index (Phi) is 2.84. The van der Waals surface area contributed by atoms with Gasteiger partial charge in [-0.3, -0.25) is 4.40 Å². The molecule has 0 aliphatic rings. The number of hydrogen-bond acceptors (Lipinski definition) is 3. The van der Waals surface area contributed by atoms with Gasteiger partial charge in [0.15, 0.2) is 10.7 Å². The Morgan fingerprint density at radius 1 is 1.50 bits per heavy atom. The van der Waals surface area contributed by atoms with E-state index in [9.17, 15) is 18.0 Å². The van der Waals surface area contributed by atoms with Crippen LogP contribution in [0.4, 0.5) is 13.2 Å². The molecule has 0 saturated heterocycles. The van der Waals surface area contributed by atoms with Gasteiger partial charge in [-0.2, -0.15) is 13.2 Å². The van der Waals surface area contributed by atoms with Crippen molar-refractivity contribution in [2.75, 3.05) is 0 Å². The summed E-state index contributed by atoms with van der Waals surface area (Å²) in [4.78, 5) is 14.2. The fraction of sp³-hybridized carbons (Fsp3) is 0.400. The van der Waals surface area contributed by atoms with Crippen LogP contribution in [0.1, 0.15) is 33.7 Å². The fourth-order valence-corrected chi connectivity index (χ4v) is 2.88. The van der Waals surface area contributed by atoms with Crippen LogP contribution in [0.15, 0.2) is 0 Å². The number of carboxylic acids is 1. The molecular weight excluding hydrogens is 269 g/mol. The third-order valence-corrected chi connectivity index (χ3v) is 3.63. The number of nitrogens with zero attached hydrogens (tertiary/aromatic N) is 2. The van der Waals surface area contributed by atoms with Gasteiger partial charge >= 0.3 is 12.1 Å². The molecule has 0 aliphatic heterocycles. The summed E-state index contributed by atoms with van der Waals surface area (Å²) in [5, 5.41) is 8.84. The molecular formula is C10H9F3N2O2S. The zero-order valence-corrected chi connectivity index (χ0v) is 10.3. The molecule has 0 aromatic carbocycles. The van der Waals surface area contributed by atoms with E-state index in [2.05, 4.69) is 4.98 Å². The number of aromatic carboxylic acids is 1. The van der Waals surface area contributed by atoms with E-state index in [-0.39, 0.29) is 4.96 Å². The van der Waals surface area contributed by atoms with Gasteiger partial charge in [-0.05, 0) is 13.3 Å². The highest BCUT2D eigenvalue weighted by atomic mass is 32.1. The molecule has 0 aliphatic carbocycles. The minimum absolute atomic E-state index is 0.0640. The summed E-state index contributed by atoms with van der Waals surface area (Å²) in [6.07, 6.45) is -4.22. The minimum atomic E-state index is -4.72. The van der Waals surface area contributed by atoms with E-state index in [1.165, 1.54) is 6.92 Å². The number of hydrogen-bond donors (Lipinski definition) is 1. The van der Waals surface area contributed by atoms with Gasteiger partial charge in [-0.25, -0.2) is 9.78 Å². The van der Waals surface area contributed by atoms with E-state index in [1.807, 2.05) is 0 Å². The van der Waals surface area contributed by atoms with E-state index >= 15 is 0 Å². The van der Waals surface area contributed by atoms with Crippen molar-refractivity contribution in [1.29, 1.82) is 0 Å². The third kappa shape index (κ3) is 1.76. The number of halogens is 3. The summed E-state index contributed by atoms with van der Waals surface area (Å²) >= 11 is 0.542. The number of aromatic nitrogens is 2. The minimum Gasteiger partial charge on any atom is -0.477 e. The van der Waals surface area contributed by atoms with Crippen LogP contribution < -0.4 is 0 Å². The molecule has 0 saturated carbocycles. The van der Waals surface area contributed by atoms with Crippen LogP contribution in [0.5, 0.6) is 0 Å². The number of thiazole rings is 1. The lowest BCUT2D eigenvalue weighted by Gasteiger charge is -2.07. The van der Waals surface area contributed by atoms with Gasteiger partial charge in [-0.1, -0.05) is 18.3 Å². The molecule has 2 aromatic heterocycles. The quantitative estimate of drug-likeness (QED) is 0.918. The number of carbonyl (C=O) groups is 1. The lowest BCUT2D eigenvalue weighted by atomic mass is 10.2. The van der Waals surface area contributed by atoms with E-state index < -0.39 is 22.7 Å². The first-order valence-electron chi connectivity index (χ1n) is 5.08. The van der Waals surface area contributed by atoms with Crippen LogP contribution in [-0.4, -0.2) is 20.5 Å². The normalized spacial score (nSPS) is 12.3. The Labute approximate surface area is 104 Å². The number of carboxylic acid groups (broad SMARTS) is 1. The summed E-state index contributed by atoms with van der Waals surface area (Å²) in [7, 11) is 0. The molecule has 2 rings (SSSR count). The standard InChI is InChI=1S/C10H9F3N2O2S/c1-3-5-4(2)15-7(10(11,12)13)6(8(16)17)18-9(15)14-5/h3H2,1-2H3,(H,16,17). The first-order valence-corrected chi connectivity index (χ1v) is 5.90. The zero-order valence-electron chi connectivity index (χ0n) is 9.50. The number of rotatable bonds is 2. The van der Waals surface area contributed by atoms with Gasteiger partial charge in [0.25, 0.3) is 0 Å². The van der Waals surface area contributed by atoms with Gasteiger partial charge < -0.3 is 5.11 Å². The highest BCUT2D eigenvalue weighted by Crippen LogP contribution is 2.38. The monoisotopic (exact) mass is 278 g/mol. The first kappa shape index (κ1) is 12.9. The second-order valence-electron chi connectivity index (χ2n) is 3.70. The third-order valence-electron chi connectivity index (χ3n) is 2.60. The van der Waals surface area contributed by atoms with Crippen molar-refractivity contribution in [3.63, 3.8) is 0 Å². The molecule has 0 bridgehead atoms. The van der Waals surface area contributed by atoms with Crippen LogP contribution in [0.25, 0.3) is 4.96 Å². The molecule has 8 heteroatoms. The van der Waals surface area contributed by atoms with Crippen molar-refractivity contribution in [1.82, 2.24) is 9.38 Å². The van der Waals surface area contributed by atoms with Crippen LogP contribution >= 0.6 is 11.3 Å². The number of aryl methyl sites for hydroxylation is 2. The van der Waals surface area contributed by atoms with Crippen LogP contribution in [0.2, 0.25) is 0 Å². The molecule has 98 valence electrons. The maximum absolute atomic E-state index is 13.0. The maximum Gasteiger partial charge on any atom is 0.433 e. The summed E-state index contributed by atoms with van der Waals surface area (Å²) in [6, 6.07) is 0. The maximum atomic E-state index is 13.0. The molecule has 2 aromatic rings. The average molecular weight is 278 g/mol. The van der Waals surface area contributed by atoms with Gasteiger partial charge in [0.2, 0.25) is 0 Å². The highest BCUT2D eigenvalue weighted by Gasteiger charge is 2.41. The Hall–Kier alpha value is -1.57. The molecule has 0 fully saturated rings. The lowest BCUT2D eigenvalue weighted by Crippen LogP contribution is -2.14. The van der Waals surface area contributed by atoms with Crippen LogP contribution in [-0.2, 0) is 12.6 Å². The fourth-order valence-electron chi connectivity index (χ4n) is 1.83. The Morgan fingerprint density at radius 2 is 2.11 bits per heavy atom. The second kappa shape index (κ2) is 3.98. The Bertz CT molecular complexity index is 627. The number of fused-ring (bicyclic) bond motifs is 1. The smallest absolute Gasteiger partial charge is 0.433 e. The van der Waals surface area contributed by atoms with Crippen molar-refractivity contribution in [2.24, 2.45) is 0 Å². The summed E-state index contributed by atoms with van der Waals surface area (Å²) in [6.45, 7) is 3.29. The zero-order chi connectivity index (χ0) is 13.7. The molecule has 0 spiro atoms.